The van der Waals surface area contributed by atoms with Gasteiger partial charge in [-0.2, -0.15) is 0 Å². The Kier molecular flexibility index (Phi) is 10.6. The van der Waals surface area contributed by atoms with Gasteiger partial charge in [0.05, 0.1) is 0 Å². The molecule has 1 rings (SSSR count). The Hall–Kier alpha value is 0.01000. The minimum atomic E-state index is 1.10. The Morgan fingerprint density at radius 1 is 0.947 bits per heavy atom. The zero-order valence-corrected chi connectivity index (χ0v) is 14.2. The fourth-order valence-electron chi connectivity index (χ4n) is 1.80. The van der Waals surface area contributed by atoms with Gasteiger partial charge in [-0.15, -0.1) is 23.5 Å². The number of rotatable bonds is 9. The van der Waals surface area contributed by atoms with Gasteiger partial charge in [0.25, 0.3) is 0 Å². The molecular weight excluding hydrogens is 288 g/mol. The first-order chi connectivity index (χ1) is 9.33. The lowest BCUT2D eigenvalue weighted by Crippen LogP contribution is -1.92. The summed E-state index contributed by atoms with van der Waals surface area (Å²) in [5.74, 6) is 2.30. The van der Waals surface area contributed by atoms with Crippen LogP contribution in [0.4, 0.5) is 0 Å². The summed E-state index contributed by atoms with van der Waals surface area (Å²) in [5.41, 5.74) is 1.40. The molecule has 0 saturated heterocycles. The van der Waals surface area contributed by atoms with E-state index in [0.717, 1.165) is 15.7 Å². The van der Waals surface area contributed by atoms with Gasteiger partial charge in [0.1, 0.15) is 3.53 Å². The van der Waals surface area contributed by atoms with Crippen LogP contribution in [0.2, 0.25) is 0 Å². The van der Waals surface area contributed by atoms with E-state index in [-0.39, 0.29) is 0 Å². The largest absolute Gasteiger partial charge is 0.108 e. The van der Waals surface area contributed by atoms with Gasteiger partial charge >= 0.3 is 0 Å². The van der Waals surface area contributed by atoms with E-state index >= 15 is 0 Å². The summed E-state index contributed by atoms with van der Waals surface area (Å²) in [4.78, 5) is 0. The fourth-order valence-corrected chi connectivity index (χ4v) is 4.15. The molecule has 106 valence electrons. The van der Waals surface area contributed by atoms with Gasteiger partial charge in [0, 0.05) is 5.75 Å². The lowest BCUT2D eigenvalue weighted by molar-refractivity contribution is 0.660. The Morgan fingerprint density at radius 2 is 1.63 bits per heavy atom. The summed E-state index contributed by atoms with van der Waals surface area (Å²) in [6, 6.07) is 10.6. The van der Waals surface area contributed by atoms with E-state index in [4.69, 9.17) is 12.2 Å². The summed E-state index contributed by atoms with van der Waals surface area (Å²) in [5, 5.41) is 0. The fraction of sp³-hybridized carbons (Fsp3) is 0.562. The molecule has 0 bridgehead atoms. The van der Waals surface area contributed by atoms with Gasteiger partial charge in [-0.3, -0.25) is 0 Å². The molecule has 0 nitrogen and oxygen atoms in total. The van der Waals surface area contributed by atoms with Crippen LogP contribution in [0.25, 0.3) is 0 Å². The molecule has 0 aliphatic rings. The van der Waals surface area contributed by atoms with Gasteiger partial charge in [0.2, 0.25) is 0 Å². The molecule has 0 spiro atoms. The molecule has 0 fully saturated rings. The van der Waals surface area contributed by atoms with Gasteiger partial charge < -0.3 is 0 Å². The van der Waals surface area contributed by atoms with Crippen molar-refractivity contribution in [3.63, 3.8) is 0 Å². The second-order valence-electron chi connectivity index (χ2n) is 4.60. The van der Waals surface area contributed by atoms with E-state index in [0.29, 0.717) is 0 Å². The highest BCUT2D eigenvalue weighted by atomic mass is 32.2. The lowest BCUT2D eigenvalue weighted by Gasteiger charge is -2.04. The number of aryl methyl sites for hydroxylation is 1. The lowest BCUT2D eigenvalue weighted by atomic mass is 10.2. The van der Waals surface area contributed by atoms with Crippen LogP contribution in [0, 0.1) is 0 Å². The Labute approximate surface area is 132 Å². The van der Waals surface area contributed by atoms with Crippen LogP contribution in [0.5, 0.6) is 0 Å². The Morgan fingerprint density at radius 3 is 2.37 bits per heavy atom. The van der Waals surface area contributed by atoms with Crippen molar-refractivity contribution in [2.75, 3.05) is 11.5 Å². The monoisotopic (exact) mass is 312 g/mol. The van der Waals surface area contributed by atoms with E-state index in [1.54, 1.807) is 0 Å². The van der Waals surface area contributed by atoms with Crippen LogP contribution in [-0.2, 0) is 6.42 Å². The molecule has 0 radical (unpaired) electrons. The highest BCUT2D eigenvalue weighted by molar-refractivity contribution is 8.47. The van der Waals surface area contributed by atoms with E-state index < -0.39 is 0 Å². The van der Waals surface area contributed by atoms with E-state index in [2.05, 4.69) is 37.3 Å². The molecule has 0 saturated carbocycles. The Balaban J connectivity index is 1.96. The molecule has 0 aliphatic carbocycles. The summed E-state index contributed by atoms with van der Waals surface area (Å²) in [7, 11) is 0. The third-order valence-electron chi connectivity index (χ3n) is 2.92. The normalized spacial score (nSPS) is 10.6. The summed E-state index contributed by atoms with van der Waals surface area (Å²) in [6.07, 6.45) is 7.86. The second kappa shape index (κ2) is 11.8. The number of unbranched alkanes of at least 4 members (excludes halogenated alkanes) is 4. The van der Waals surface area contributed by atoms with Gasteiger partial charge in [-0.05, 0) is 24.2 Å². The number of thioether (sulfide) groups is 2. The molecule has 0 unspecified atom stereocenters. The van der Waals surface area contributed by atoms with Crippen molar-refractivity contribution in [3.8, 4) is 0 Å². The molecule has 19 heavy (non-hydrogen) atoms. The van der Waals surface area contributed by atoms with E-state index in [1.165, 1.54) is 43.4 Å². The Bertz CT molecular complexity index is 335. The van der Waals surface area contributed by atoms with Crippen molar-refractivity contribution in [2.45, 2.75) is 45.4 Å². The molecule has 3 heteroatoms. The molecule has 0 heterocycles. The number of hydrogen-bond acceptors (Lipinski definition) is 3. The summed E-state index contributed by atoms with van der Waals surface area (Å²) < 4.78 is 1.12. The van der Waals surface area contributed by atoms with Crippen LogP contribution >= 0.6 is 35.7 Å². The average Bonchev–Trinajstić information content (AvgIpc) is 2.44. The quantitative estimate of drug-likeness (QED) is 0.408. The van der Waals surface area contributed by atoms with Crippen LogP contribution in [0.15, 0.2) is 30.3 Å². The molecule has 0 aliphatic heterocycles. The standard InChI is InChI=1S/C16H24S3/c1-2-3-4-5-9-13-18-16(17)19-14-12-15-10-7-6-8-11-15/h6-8,10-11H,2-5,9,12-14H2,1H3. The van der Waals surface area contributed by atoms with E-state index in [9.17, 15) is 0 Å². The molecule has 0 atom stereocenters. The zero-order valence-electron chi connectivity index (χ0n) is 11.8. The van der Waals surface area contributed by atoms with Crippen LogP contribution in [0.3, 0.4) is 0 Å². The topological polar surface area (TPSA) is 0 Å². The molecular formula is C16H24S3. The van der Waals surface area contributed by atoms with Crippen molar-refractivity contribution in [2.24, 2.45) is 0 Å². The van der Waals surface area contributed by atoms with Gasteiger partial charge in [-0.1, -0.05) is 75.2 Å². The zero-order chi connectivity index (χ0) is 13.8. The minimum Gasteiger partial charge on any atom is -0.108 e. The van der Waals surface area contributed by atoms with Crippen molar-refractivity contribution >= 4 is 39.3 Å². The van der Waals surface area contributed by atoms with Crippen LogP contribution in [-0.4, -0.2) is 15.0 Å². The van der Waals surface area contributed by atoms with Crippen molar-refractivity contribution in [1.82, 2.24) is 0 Å². The first-order valence-corrected chi connectivity index (χ1v) is 9.54. The first-order valence-electron chi connectivity index (χ1n) is 7.16. The number of thiocarbonyl (C=S) groups is 1. The molecule has 0 aromatic heterocycles. The molecule has 1 aromatic rings. The highest BCUT2D eigenvalue weighted by Gasteiger charge is 2.00. The maximum atomic E-state index is 5.40. The predicted octanol–water partition coefficient (Wildman–Crippen LogP) is 5.95. The average molecular weight is 313 g/mol. The maximum absolute atomic E-state index is 5.40. The third-order valence-corrected chi connectivity index (χ3v) is 5.71. The maximum Gasteiger partial charge on any atom is 0.104 e. The smallest absolute Gasteiger partial charge is 0.104 e. The van der Waals surface area contributed by atoms with E-state index in [1.807, 2.05) is 23.5 Å². The molecule has 1 aromatic carbocycles. The summed E-state index contributed by atoms with van der Waals surface area (Å²) in [6.45, 7) is 2.26. The number of hydrogen-bond donors (Lipinski definition) is 0. The van der Waals surface area contributed by atoms with Crippen LogP contribution < -0.4 is 0 Å². The third kappa shape index (κ3) is 9.53. The van der Waals surface area contributed by atoms with Gasteiger partial charge in [-0.25, -0.2) is 0 Å². The first kappa shape index (κ1) is 17.1. The second-order valence-corrected chi connectivity index (χ2v) is 7.99. The minimum absolute atomic E-state index is 1.10. The molecule has 0 amide bonds. The molecule has 0 N–H and O–H groups in total. The SMILES string of the molecule is CCCCCCCSC(=S)SCCc1ccccc1. The van der Waals surface area contributed by atoms with Crippen molar-refractivity contribution in [3.05, 3.63) is 35.9 Å². The van der Waals surface area contributed by atoms with Crippen LogP contribution in [0.1, 0.15) is 44.6 Å². The number of benzene rings is 1. The van der Waals surface area contributed by atoms with Crippen molar-refractivity contribution < 1.29 is 0 Å². The van der Waals surface area contributed by atoms with Crippen molar-refractivity contribution in [1.29, 1.82) is 0 Å². The predicted molar refractivity (Wildman–Crippen MR) is 96.4 cm³/mol. The highest BCUT2D eigenvalue weighted by Crippen LogP contribution is 2.20. The van der Waals surface area contributed by atoms with Gasteiger partial charge in [0.15, 0.2) is 0 Å². The summed E-state index contributed by atoms with van der Waals surface area (Å²) >= 11 is 9.09.